The van der Waals surface area contributed by atoms with Gasteiger partial charge >= 0.3 is 0 Å². The summed E-state index contributed by atoms with van der Waals surface area (Å²) in [6.45, 7) is 4.64. The van der Waals surface area contributed by atoms with Gasteiger partial charge in [0.25, 0.3) is 0 Å². The van der Waals surface area contributed by atoms with E-state index >= 15 is 0 Å². The van der Waals surface area contributed by atoms with E-state index in [1.165, 1.54) is 57.8 Å². The zero-order chi connectivity index (χ0) is 15.4. The zero-order valence-corrected chi connectivity index (χ0v) is 14.5. The molecule has 1 unspecified atom stereocenters. The molecule has 0 bridgehead atoms. The van der Waals surface area contributed by atoms with E-state index in [0.717, 1.165) is 17.8 Å². The summed E-state index contributed by atoms with van der Waals surface area (Å²) in [7, 11) is 0. The SMILES string of the molecule is CCC1=CCC(c2ccc(C3CCC(CC)CC3)cc2)CC1. The lowest BCUT2D eigenvalue weighted by Gasteiger charge is -2.28. The monoisotopic (exact) mass is 296 g/mol. The molecule has 2 aliphatic carbocycles. The highest BCUT2D eigenvalue weighted by Gasteiger charge is 2.22. The Balaban J connectivity index is 1.60. The third-order valence-corrected chi connectivity index (χ3v) is 6.26. The molecule has 0 aliphatic heterocycles. The van der Waals surface area contributed by atoms with E-state index in [4.69, 9.17) is 0 Å². The Hall–Kier alpha value is -1.04. The van der Waals surface area contributed by atoms with Gasteiger partial charge in [0.1, 0.15) is 0 Å². The molecule has 1 saturated carbocycles. The normalized spacial score (nSPS) is 29.2. The van der Waals surface area contributed by atoms with Gasteiger partial charge in [-0.2, -0.15) is 0 Å². The third kappa shape index (κ3) is 3.65. The first-order valence-corrected chi connectivity index (χ1v) is 9.57. The van der Waals surface area contributed by atoms with Crippen LogP contribution in [0.3, 0.4) is 0 Å². The standard InChI is InChI=1S/C22H32/c1-3-17-5-9-19(10-6-17)21-13-15-22(16-14-21)20-11-7-18(4-2)8-12-20/h5,13-16,18-20H,3-4,6-12H2,1-2H3. The molecule has 0 amide bonds. The minimum atomic E-state index is 0.764. The summed E-state index contributed by atoms with van der Waals surface area (Å²) < 4.78 is 0. The van der Waals surface area contributed by atoms with Gasteiger partial charge in [-0.15, -0.1) is 0 Å². The molecule has 3 rings (SSSR count). The van der Waals surface area contributed by atoms with Crippen molar-refractivity contribution in [2.45, 2.75) is 83.5 Å². The summed E-state index contributed by atoms with van der Waals surface area (Å²) in [5.74, 6) is 2.59. The van der Waals surface area contributed by atoms with E-state index in [1.807, 2.05) is 0 Å². The highest BCUT2D eigenvalue weighted by atomic mass is 14.3. The van der Waals surface area contributed by atoms with Crippen molar-refractivity contribution in [3.8, 4) is 0 Å². The molecule has 0 aromatic heterocycles. The van der Waals surface area contributed by atoms with Crippen molar-refractivity contribution < 1.29 is 0 Å². The Morgan fingerprint density at radius 2 is 1.45 bits per heavy atom. The number of rotatable bonds is 4. The predicted molar refractivity (Wildman–Crippen MR) is 96.4 cm³/mol. The minimum absolute atomic E-state index is 0.764. The van der Waals surface area contributed by atoms with E-state index in [1.54, 1.807) is 16.7 Å². The van der Waals surface area contributed by atoms with Crippen LogP contribution < -0.4 is 0 Å². The largest absolute Gasteiger partial charge is 0.0847 e. The molecule has 2 aliphatic rings. The zero-order valence-electron chi connectivity index (χ0n) is 14.5. The molecule has 1 aromatic rings. The highest BCUT2D eigenvalue weighted by Crippen LogP contribution is 2.38. The number of hydrogen-bond donors (Lipinski definition) is 0. The Morgan fingerprint density at radius 1 is 0.818 bits per heavy atom. The summed E-state index contributed by atoms with van der Waals surface area (Å²) in [6, 6.07) is 9.73. The summed E-state index contributed by atoms with van der Waals surface area (Å²) in [6.07, 6.45) is 14.7. The van der Waals surface area contributed by atoms with Gasteiger partial charge in [-0.25, -0.2) is 0 Å². The average molecular weight is 296 g/mol. The predicted octanol–water partition coefficient (Wildman–Crippen LogP) is 6.97. The van der Waals surface area contributed by atoms with Crippen molar-refractivity contribution in [3.05, 3.63) is 47.0 Å². The molecule has 0 heterocycles. The van der Waals surface area contributed by atoms with E-state index in [0.29, 0.717) is 0 Å². The molecule has 0 spiro atoms. The van der Waals surface area contributed by atoms with E-state index in [2.05, 4.69) is 44.2 Å². The van der Waals surface area contributed by atoms with Gasteiger partial charge in [0, 0.05) is 0 Å². The Kier molecular flexibility index (Phi) is 5.39. The van der Waals surface area contributed by atoms with Gasteiger partial charge in [0.2, 0.25) is 0 Å². The second-order valence-electron chi connectivity index (χ2n) is 7.48. The number of benzene rings is 1. The smallest absolute Gasteiger partial charge is 0.0124 e. The van der Waals surface area contributed by atoms with Crippen LogP contribution in [-0.2, 0) is 0 Å². The van der Waals surface area contributed by atoms with Crippen molar-refractivity contribution in [1.82, 2.24) is 0 Å². The van der Waals surface area contributed by atoms with Crippen LogP contribution in [0, 0.1) is 5.92 Å². The lowest BCUT2D eigenvalue weighted by Crippen LogP contribution is -2.12. The van der Waals surface area contributed by atoms with Gasteiger partial charge in [0.05, 0.1) is 0 Å². The lowest BCUT2D eigenvalue weighted by molar-refractivity contribution is 0.319. The fourth-order valence-electron chi connectivity index (χ4n) is 4.46. The van der Waals surface area contributed by atoms with Crippen LogP contribution in [0.1, 0.15) is 94.6 Å². The second-order valence-corrected chi connectivity index (χ2v) is 7.48. The lowest BCUT2D eigenvalue weighted by atomic mass is 9.77. The maximum Gasteiger partial charge on any atom is -0.0124 e. The maximum absolute atomic E-state index is 2.49. The van der Waals surface area contributed by atoms with Gasteiger partial charge in [-0.05, 0) is 80.2 Å². The first kappa shape index (κ1) is 15.8. The maximum atomic E-state index is 2.49. The van der Waals surface area contributed by atoms with Crippen LogP contribution in [0.2, 0.25) is 0 Å². The highest BCUT2D eigenvalue weighted by molar-refractivity contribution is 5.29. The van der Waals surface area contributed by atoms with Crippen molar-refractivity contribution >= 4 is 0 Å². The molecule has 0 nitrogen and oxygen atoms in total. The van der Waals surface area contributed by atoms with Crippen LogP contribution in [0.25, 0.3) is 0 Å². The molecule has 1 aromatic carbocycles. The fourth-order valence-corrected chi connectivity index (χ4v) is 4.46. The summed E-state index contributed by atoms with van der Waals surface area (Å²) in [4.78, 5) is 0. The number of hydrogen-bond acceptors (Lipinski definition) is 0. The van der Waals surface area contributed by atoms with Crippen molar-refractivity contribution in [2.75, 3.05) is 0 Å². The molecule has 0 N–H and O–H groups in total. The molecule has 0 radical (unpaired) electrons. The van der Waals surface area contributed by atoms with E-state index in [-0.39, 0.29) is 0 Å². The molecule has 22 heavy (non-hydrogen) atoms. The van der Waals surface area contributed by atoms with Gasteiger partial charge in [0.15, 0.2) is 0 Å². The van der Waals surface area contributed by atoms with E-state index < -0.39 is 0 Å². The molecule has 1 fully saturated rings. The third-order valence-electron chi connectivity index (χ3n) is 6.26. The Bertz CT molecular complexity index is 485. The van der Waals surface area contributed by atoms with E-state index in [9.17, 15) is 0 Å². The fraction of sp³-hybridized carbons (Fsp3) is 0.636. The summed E-state index contributed by atoms with van der Waals surface area (Å²) in [5, 5.41) is 0. The van der Waals surface area contributed by atoms with Crippen LogP contribution in [0.15, 0.2) is 35.9 Å². The summed E-state index contributed by atoms with van der Waals surface area (Å²) >= 11 is 0. The summed E-state index contributed by atoms with van der Waals surface area (Å²) in [5.41, 5.74) is 4.83. The average Bonchev–Trinajstić information content (AvgIpc) is 2.62. The first-order chi connectivity index (χ1) is 10.8. The van der Waals surface area contributed by atoms with Crippen LogP contribution in [0.5, 0.6) is 0 Å². The molecular formula is C22H32. The van der Waals surface area contributed by atoms with Crippen molar-refractivity contribution in [2.24, 2.45) is 5.92 Å². The van der Waals surface area contributed by atoms with Gasteiger partial charge in [-0.1, -0.05) is 56.2 Å². The number of allylic oxidation sites excluding steroid dienone is 2. The molecular weight excluding hydrogens is 264 g/mol. The topological polar surface area (TPSA) is 0 Å². The Labute approximate surface area is 137 Å². The van der Waals surface area contributed by atoms with Gasteiger partial charge in [-0.3, -0.25) is 0 Å². The van der Waals surface area contributed by atoms with Crippen molar-refractivity contribution in [3.63, 3.8) is 0 Å². The minimum Gasteiger partial charge on any atom is -0.0847 e. The van der Waals surface area contributed by atoms with Crippen LogP contribution in [-0.4, -0.2) is 0 Å². The second kappa shape index (κ2) is 7.49. The van der Waals surface area contributed by atoms with Crippen LogP contribution in [0.4, 0.5) is 0 Å². The molecule has 1 atom stereocenters. The molecule has 120 valence electrons. The first-order valence-electron chi connectivity index (χ1n) is 9.57. The molecule has 0 saturated heterocycles. The van der Waals surface area contributed by atoms with Gasteiger partial charge < -0.3 is 0 Å². The van der Waals surface area contributed by atoms with Crippen molar-refractivity contribution in [1.29, 1.82) is 0 Å². The quantitative estimate of drug-likeness (QED) is 0.526. The Morgan fingerprint density at radius 3 is 1.95 bits per heavy atom. The molecule has 0 heteroatoms. The van der Waals surface area contributed by atoms with Crippen LogP contribution >= 0.6 is 0 Å².